The number of carbonyl (C=O) groups is 1. The smallest absolute Gasteiger partial charge is 0.323 e. The number of nitrogens with zero attached hydrogens (tertiary/aromatic N) is 2. The average Bonchev–Trinajstić information content (AvgIpc) is 2.25. The fourth-order valence-electron chi connectivity index (χ4n) is 1.55. The van der Waals surface area contributed by atoms with Gasteiger partial charge in [-0.15, -0.1) is 0 Å². The summed E-state index contributed by atoms with van der Waals surface area (Å²) in [6.07, 6.45) is 0. The van der Waals surface area contributed by atoms with Crippen molar-refractivity contribution in [3.05, 3.63) is 28.8 Å². The Hall–Kier alpha value is -1.73. The van der Waals surface area contributed by atoms with E-state index < -0.39 is 5.97 Å². The first-order valence-corrected chi connectivity index (χ1v) is 5.52. The summed E-state index contributed by atoms with van der Waals surface area (Å²) in [6.45, 7) is 3.57. The van der Waals surface area contributed by atoms with Crippen molar-refractivity contribution in [2.24, 2.45) is 0 Å². The predicted octanol–water partition coefficient (Wildman–Crippen LogP) is 2.51. The van der Waals surface area contributed by atoms with Crippen LogP contribution < -0.4 is 4.90 Å². The first-order chi connectivity index (χ1) is 7.97. The van der Waals surface area contributed by atoms with Crippen LogP contribution in [0, 0.1) is 11.3 Å². The standard InChI is InChI=1S/C12H13ClN2O2/c1-8(2)15(7-12(16)17)11-5-3-4-10(13)9(11)6-14/h3-5,8H,7H2,1-2H3,(H,16,17). The van der Waals surface area contributed by atoms with E-state index in [1.165, 1.54) is 0 Å². The van der Waals surface area contributed by atoms with Gasteiger partial charge in [0.25, 0.3) is 0 Å². The van der Waals surface area contributed by atoms with Crippen molar-refractivity contribution in [3.8, 4) is 6.07 Å². The maximum Gasteiger partial charge on any atom is 0.323 e. The van der Waals surface area contributed by atoms with Crippen LogP contribution in [0.1, 0.15) is 19.4 Å². The molecule has 0 aliphatic rings. The van der Waals surface area contributed by atoms with E-state index in [9.17, 15) is 4.79 Å². The molecule has 90 valence electrons. The highest BCUT2D eigenvalue weighted by Crippen LogP contribution is 2.27. The van der Waals surface area contributed by atoms with Gasteiger partial charge in [-0.25, -0.2) is 0 Å². The molecule has 0 heterocycles. The van der Waals surface area contributed by atoms with Gasteiger partial charge in [-0.3, -0.25) is 4.79 Å². The summed E-state index contributed by atoms with van der Waals surface area (Å²) in [5.41, 5.74) is 0.863. The number of anilines is 1. The molecule has 4 nitrogen and oxygen atoms in total. The maximum absolute atomic E-state index is 10.8. The molecule has 0 bridgehead atoms. The summed E-state index contributed by atoms with van der Waals surface area (Å²) in [5, 5.41) is 18.3. The summed E-state index contributed by atoms with van der Waals surface area (Å²) in [4.78, 5) is 12.4. The Morgan fingerprint density at radius 3 is 2.71 bits per heavy atom. The van der Waals surface area contributed by atoms with E-state index in [1.54, 1.807) is 23.1 Å². The van der Waals surface area contributed by atoms with E-state index in [1.807, 2.05) is 19.9 Å². The van der Waals surface area contributed by atoms with Crippen molar-refractivity contribution in [1.29, 1.82) is 5.26 Å². The Bertz CT molecular complexity index is 466. The maximum atomic E-state index is 10.8. The van der Waals surface area contributed by atoms with Crippen LogP contribution in [0.3, 0.4) is 0 Å². The van der Waals surface area contributed by atoms with Crippen LogP contribution in [-0.2, 0) is 4.79 Å². The molecule has 0 aliphatic heterocycles. The fraction of sp³-hybridized carbons (Fsp3) is 0.333. The van der Waals surface area contributed by atoms with Crippen LogP contribution >= 0.6 is 11.6 Å². The summed E-state index contributed by atoms with van der Waals surface area (Å²) in [7, 11) is 0. The molecule has 0 amide bonds. The summed E-state index contributed by atoms with van der Waals surface area (Å²) >= 11 is 5.92. The van der Waals surface area contributed by atoms with Gasteiger partial charge in [-0.2, -0.15) is 5.26 Å². The Labute approximate surface area is 105 Å². The summed E-state index contributed by atoms with van der Waals surface area (Å²) < 4.78 is 0. The zero-order chi connectivity index (χ0) is 13.0. The van der Waals surface area contributed by atoms with E-state index in [2.05, 4.69) is 0 Å². The van der Waals surface area contributed by atoms with Crippen molar-refractivity contribution in [2.75, 3.05) is 11.4 Å². The third-order valence-electron chi connectivity index (χ3n) is 2.34. The fourth-order valence-corrected chi connectivity index (χ4v) is 1.77. The summed E-state index contributed by atoms with van der Waals surface area (Å²) in [6, 6.07) is 6.99. The number of nitriles is 1. The van der Waals surface area contributed by atoms with Gasteiger partial charge in [0.2, 0.25) is 0 Å². The molecule has 0 unspecified atom stereocenters. The van der Waals surface area contributed by atoms with E-state index in [0.717, 1.165) is 0 Å². The van der Waals surface area contributed by atoms with E-state index >= 15 is 0 Å². The first-order valence-electron chi connectivity index (χ1n) is 5.14. The van der Waals surface area contributed by atoms with Gasteiger partial charge in [0, 0.05) is 6.04 Å². The van der Waals surface area contributed by atoms with Gasteiger partial charge in [0.1, 0.15) is 12.6 Å². The second kappa shape index (κ2) is 5.55. The second-order valence-corrected chi connectivity index (χ2v) is 4.27. The van der Waals surface area contributed by atoms with Crippen molar-refractivity contribution < 1.29 is 9.90 Å². The lowest BCUT2D eigenvalue weighted by molar-refractivity contribution is -0.135. The molecule has 0 saturated carbocycles. The van der Waals surface area contributed by atoms with Crippen LogP contribution in [0.5, 0.6) is 0 Å². The third kappa shape index (κ3) is 3.11. The van der Waals surface area contributed by atoms with Crippen LogP contribution in [0.4, 0.5) is 5.69 Å². The van der Waals surface area contributed by atoms with E-state index in [4.69, 9.17) is 22.0 Å². The van der Waals surface area contributed by atoms with Crippen LogP contribution in [0.25, 0.3) is 0 Å². The number of rotatable bonds is 4. The van der Waals surface area contributed by atoms with Gasteiger partial charge in [-0.1, -0.05) is 17.7 Å². The van der Waals surface area contributed by atoms with Gasteiger partial charge in [-0.05, 0) is 26.0 Å². The minimum Gasteiger partial charge on any atom is -0.480 e. The second-order valence-electron chi connectivity index (χ2n) is 3.86. The number of benzene rings is 1. The number of carboxylic acids is 1. The average molecular weight is 253 g/mol. The molecule has 1 aromatic rings. The Morgan fingerprint density at radius 1 is 1.59 bits per heavy atom. The van der Waals surface area contributed by atoms with Crippen molar-refractivity contribution in [1.82, 2.24) is 0 Å². The molecular weight excluding hydrogens is 240 g/mol. The molecule has 1 N–H and O–H groups in total. The third-order valence-corrected chi connectivity index (χ3v) is 2.66. The molecule has 0 atom stereocenters. The van der Waals surface area contributed by atoms with Gasteiger partial charge in [0.05, 0.1) is 16.3 Å². The van der Waals surface area contributed by atoms with E-state index in [0.29, 0.717) is 16.3 Å². The van der Waals surface area contributed by atoms with Gasteiger partial charge < -0.3 is 10.0 Å². The molecule has 17 heavy (non-hydrogen) atoms. The quantitative estimate of drug-likeness (QED) is 0.894. The lowest BCUT2D eigenvalue weighted by atomic mass is 10.1. The molecule has 0 radical (unpaired) electrons. The van der Waals surface area contributed by atoms with Crippen LogP contribution in [0.2, 0.25) is 5.02 Å². The molecule has 5 heteroatoms. The molecule has 0 aromatic heterocycles. The summed E-state index contributed by atoms with van der Waals surface area (Å²) in [5.74, 6) is -0.942. The van der Waals surface area contributed by atoms with Crippen molar-refractivity contribution >= 4 is 23.3 Å². The molecular formula is C12H13ClN2O2. The molecule has 0 spiro atoms. The largest absolute Gasteiger partial charge is 0.480 e. The Balaban J connectivity index is 3.24. The highest BCUT2D eigenvalue weighted by atomic mass is 35.5. The lowest BCUT2D eigenvalue weighted by Crippen LogP contribution is -2.36. The Kier molecular flexibility index (Phi) is 4.36. The van der Waals surface area contributed by atoms with E-state index in [-0.39, 0.29) is 12.6 Å². The predicted molar refractivity (Wildman–Crippen MR) is 66.3 cm³/mol. The van der Waals surface area contributed by atoms with Crippen LogP contribution in [0.15, 0.2) is 18.2 Å². The molecule has 0 aliphatic carbocycles. The number of halogens is 1. The zero-order valence-corrected chi connectivity index (χ0v) is 10.4. The highest BCUT2D eigenvalue weighted by Gasteiger charge is 2.18. The number of carboxylic acid groups (broad SMARTS) is 1. The molecule has 0 fully saturated rings. The lowest BCUT2D eigenvalue weighted by Gasteiger charge is -2.28. The molecule has 0 saturated heterocycles. The minimum absolute atomic E-state index is 0.0309. The van der Waals surface area contributed by atoms with Crippen molar-refractivity contribution in [2.45, 2.75) is 19.9 Å². The van der Waals surface area contributed by atoms with Crippen molar-refractivity contribution in [3.63, 3.8) is 0 Å². The van der Waals surface area contributed by atoms with Crippen LogP contribution in [-0.4, -0.2) is 23.7 Å². The number of hydrogen-bond donors (Lipinski definition) is 1. The number of hydrogen-bond acceptors (Lipinski definition) is 3. The minimum atomic E-state index is -0.942. The Morgan fingerprint density at radius 2 is 2.24 bits per heavy atom. The highest BCUT2D eigenvalue weighted by molar-refractivity contribution is 6.32. The topological polar surface area (TPSA) is 64.3 Å². The molecule has 1 aromatic carbocycles. The monoisotopic (exact) mass is 252 g/mol. The molecule has 1 rings (SSSR count). The first kappa shape index (κ1) is 13.3. The zero-order valence-electron chi connectivity index (χ0n) is 9.64. The van der Waals surface area contributed by atoms with Gasteiger partial charge in [0.15, 0.2) is 0 Å². The number of aliphatic carboxylic acids is 1. The normalized spacial score (nSPS) is 10.1. The SMILES string of the molecule is CC(C)N(CC(=O)O)c1cccc(Cl)c1C#N. The van der Waals surface area contributed by atoms with Gasteiger partial charge >= 0.3 is 5.97 Å².